The zero-order valence-corrected chi connectivity index (χ0v) is 13.8. The summed E-state index contributed by atoms with van der Waals surface area (Å²) in [6.07, 6.45) is 6.86. The second kappa shape index (κ2) is 7.47. The lowest BCUT2D eigenvalue weighted by Gasteiger charge is -2.34. The van der Waals surface area contributed by atoms with Crippen LogP contribution in [0.25, 0.3) is 0 Å². The summed E-state index contributed by atoms with van der Waals surface area (Å²) in [5.41, 5.74) is 2.60. The van der Waals surface area contributed by atoms with Gasteiger partial charge in [0, 0.05) is 11.1 Å². The van der Waals surface area contributed by atoms with Crippen LogP contribution in [0.2, 0.25) is 5.02 Å². The fourth-order valence-electron chi connectivity index (χ4n) is 3.57. The first kappa shape index (κ1) is 15.9. The van der Waals surface area contributed by atoms with Crippen LogP contribution in [-0.4, -0.2) is 6.54 Å². The molecule has 1 N–H and O–H groups in total. The van der Waals surface area contributed by atoms with Crippen LogP contribution < -0.4 is 5.32 Å². The summed E-state index contributed by atoms with van der Waals surface area (Å²) in [5, 5.41) is 4.58. The van der Waals surface area contributed by atoms with Gasteiger partial charge in [-0.2, -0.15) is 0 Å². The first-order valence-corrected chi connectivity index (χ1v) is 8.52. The first-order valence-electron chi connectivity index (χ1n) is 8.15. The van der Waals surface area contributed by atoms with E-state index < -0.39 is 0 Å². The van der Waals surface area contributed by atoms with Crippen molar-refractivity contribution < 1.29 is 0 Å². The summed E-state index contributed by atoms with van der Waals surface area (Å²) < 4.78 is 0. The summed E-state index contributed by atoms with van der Waals surface area (Å²) in [6, 6.07) is 7.01. The van der Waals surface area contributed by atoms with Crippen LogP contribution in [0.5, 0.6) is 0 Å². The highest BCUT2D eigenvalue weighted by molar-refractivity contribution is 6.31. The van der Waals surface area contributed by atoms with Gasteiger partial charge in [-0.3, -0.25) is 0 Å². The lowest BCUT2D eigenvalue weighted by atomic mass is 9.76. The van der Waals surface area contributed by atoms with Gasteiger partial charge in [0.25, 0.3) is 0 Å². The summed E-state index contributed by atoms with van der Waals surface area (Å²) >= 11 is 6.17. The predicted octanol–water partition coefficient (Wildman–Crippen LogP) is 5.52. The predicted molar refractivity (Wildman–Crippen MR) is 88.3 cm³/mol. The van der Waals surface area contributed by atoms with E-state index in [0.717, 1.165) is 23.4 Å². The molecular formula is C18H28ClN. The van der Waals surface area contributed by atoms with Crippen molar-refractivity contribution >= 4 is 11.6 Å². The van der Waals surface area contributed by atoms with Gasteiger partial charge in [0.1, 0.15) is 0 Å². The molecule has 1 fully saturated rings. The maximum atomic E-state index is 6.17. The van der Waals surface area contributed by atoms with Crippen LogP contribution >= 0.6 is 11.6 Å². The molecule has 0 saturated heterocycles. The van der Waals surface area contributed by atoms with Crippen LogP contribution in [-0.2, 0) is 0 Å². The topological polar surface area (TPSA) is 12.0 Å². The quantitative estimate of drug-likeness (QED) is 0.754. The van der Waals surface area contributed by atoms with Crippen molar-refractivity contribution in [2.75, 3.05) is 6.54 Å². The van der Waals surface area contributed by atoms with Crippen LogP contribution in [0, 0.1) is 18.8 Å². The Morgan fingerprint density at radius 3 is 2.45 bits per heavy atom. The molecule has 1 unspecified atom stereocenters. The molecule has 1 atom stereocenters. The van der Waals surface area contributed by atoms with Crippen LogP contribution in [0.3, 0.4) is 0 Å². The van der Waals surface area contributed by atoms with Gasteiger partial charge in [-0.05, 0) is 55.3 Å². The van der Waals surface area contributed by atoms with E-state index in [-0.39, 0.29) is 0 Å². The van der Waals surface area contributed by atoms with E-state index >= 15 is 0 Å². The number of nitrogens with one attached hydrogen (secondary N) is 1. The van der Waals surface area contributed by atoms with Crippen LogP contribution in [0.4, 0.5) is 0 Å². The maximum Gasteiger partial charge on any atom is 0.0435 e. The number of benzene rings is 1. The highest BCUT2D eigenvalue weighted by atomic mass is 35.5. The van der Waals surface area contributed by atoms with Crippen LogP contribution in [0.15, 0.2) is 18.2 Å². The van der Waals surface area contributed by atoms with Crippen molar-refractivity contribution in [3.63, 3.8) is 0 Å². The Labute approximate surface area is 129 Å². The summed E-state index contributed by atoms with van der Waals surface area (Å²) in [4.78, 5) is 0. The van der Waals surface area contributed by atoms with Crippen molar-refractivity contribution in [1.29, 1.82) is 0 Å². The number of hydrogen-bond donors (Lipinski definition) is 1. The van der Waals surface area contributed by atoms with Crippen LogP contribution in [0.1, 0.15) is 63.1 Å². The Balaban J connectivity index is 2.12. The summed E-state index contributed by atoms with van der Waals surface area (Å²) in [5.74, 6) is 1.74. The van der Waals surface area contributed by atoms with Gasteiger partial charge in [-0.1, -0.05) is 56.8 Å². The highest BCUT2D eigenvalue weighted by Gasteiger charge is 2.27. The SMILES string of the molecule is CCNC(c1ccc(Cl)c(C)c1)C1CCC(CC)CC1. The minimum atomic E-state index is 0.494. The van der Waals surface area contributed by atoms with Crippen molar-refractivity contribution in [2.45, 2.75) is 58.9 Å². The standard InChI is InChI=1S/C18H28ClN/c1-4-14-6-8-15(9-7-14)18(20-5-2)16-10-11-17(19)13(3)12-16/h10-12,14-15,18,20H,4-9H2,1-3H3. The number of hydrogen-bond acceptors (Lipinski definition) is 1. The molecule has 20 heavy (non-hydrogen) atoms. The lowest BCUT2D eigenvalue weighted by Crippen LogP contribution is -2.31. The average Bonchev–Trinajstić information content (AvgIpc) is 2.48. The monoisotopic (exact) mass is 293 g/mol. The van der Waals surface area contributed by atoms with Gasteiger partial charge in [-0.15, -0.1) is 0 Å². The molecule has 2 rings (SSSR count). The molecule has 0 amide bonds. The molecule has 0 aromatic heterocycles. The zero-order chi connectivity index (χ0) is 14.5. The molecular weight excluding hydrogens is 266 g/mol. The normalized spacial score (nSPS) is 24.6. The summed E-state index contributed by atoms with van der Waals surface area (Å²) in [7, 11) is 0. The minimum Gasteiger partial charge on any atom is -0.310 e. The Hall–Kier alpha value is -0.530. The molecule has 1 aromatic carbocycles. The van der Waals surface area contributed by atoms with Crippen molar-refractivity contribution in [1.82, 2.24) is 5.32 Å². The van der Waals surface area contributed by atoms with Gasteiger partial charge < -0.3 is 5.32 Å². The van der Waals surface area contributed by atoms with Crippen molar-refractivity contribution in [3.05, 3.63) is 34.3 Å². The van der Waals surface area contributed by atoms with Gasteiger partial charge in [0.05, 0.1) is 0 Å². The van der Waals surface area contributed by atoms with E-state index in [0.29, 0.717) is 6.04 Å². The number of aryl methyl sites for hydroxylation is 1. The maximum absolute atomic E-state index is 6.17. The third kappa shape index (κ3) is 3.77. The smallest absolute Gasteiger partial charge is 0.0435 e. The molecule has 0 spiro atoms. The first-order chi connectivity index (χ1) is 9.65. The van der Waals surface area contributed by atoms with E-state index in [4.69, 9.17) is 11.6 Å². The van der Waals surface area contributed by atoms with E-state index in [1.165, 1.54) is 43.2 Å². The lowest BCUT2D eigenvalue weighted by molar-refractivity contribution is 0.220. The fraction of sp³-hybridized carbons (Fsp3) is 0.667. The van der Waals surface area contributed by atoms with E-state index in [1.807, 2.05) is 6.07 Å². The molecule has 1 aromatic rings. The molecule has 1 saturated carbocycles. The number of rotatable bonds is 5. The van der Waals surface area contributed by atoms with Crippen molar-refractivity contribution in [3.8, 4) is 0 Å². The molecule has 2 heteroatoms. The summed E-state index contributed by atoms with van der Waals surface area (Å²) in [6.45, 7) is 7.66. The largest absolute Gasteiger partial charge is 0.310 e. The molecule has 0 bridgehead atoms. The van der Waals surface area contributed by atoms with Gasteiger partial charge in [0.2, 0.25) is 0 Å². The third-order valence-electron chi connectivity index (χ3n) is 4.91. The molecule has 1 aliphatic carbocycles. The molecule has 0 aliphatic heterocycles. The Kier molecular flexibility index (Phi) is 5.92. The molecule has 0 heterocycles. The Morgan fingerprint density at radius 1 is 1.20 bits per heavy atom. The van der Waals surface area contributed by atoms with Gasteiger partial charge >= 0.3 is 0 Å². The van der Waals surface area contributed by atoms with E-state index in [2.05, 4.69) is 38.2 Å². The molecule has 0 radical (unpaired) electrons. The van der Waals surface area contributed by atoms with E-state index in [9.17, 15) is 0 Å². The molecule has 1 aliphatic rings. The highest BCUT2D eigenvalue weighted by Crippen LogP contribution is 2.38. The Bertz CT molecular complexity index is 421. The Morgan fingerprint density at radius 2 is 1.90 bits per heavy atom. The van der Waals surface area contributed by atoms with Gasteiger partial charge in [-0.25, -0.2) is 0 Å². The van der Waals surface area contributed by atoms with E-state index in [1.54, 1.807) is 0 Å². The van der Waals surface area contributed by atoms with Crippen molar-refractivity contribution in [2.24, 2.45) is 11.8 Å². The number of halogens is 1. The zero-order valence-electron chi connectivity index (χ0n) is 13.1. The molecule has 112 valence electrons. The minimum absolute atomic E-state index is 0.494. The molecule has 1 nitrogen and oxygen atoms in total. The second-order valence-corrected chi connectivity index (χ2v) is 6.64. The second-order valence-electron chi connectivity index (χ2n) is 6.23. The fourth-order valence-corrected chi connectivity index (χ4v) is 3.69. The third-order valence-corrected chi connectivity index (χ3v) is 5.33. The average molecular weight is 294 g/mol. The van der Waals surface area contributed by atoms with Gasteiger partial charge in [0.15, 0.2) is 0 Å².